The van der Waals surface area contributed by atoms with Crippen LogP contribution in [-0.4, -0.2) is 5.91 Å². The molecule has 0 spiro atoms. The maximum Gasteiger partial charge on any atom is 0.248 e. The summed E-state index contributed by atoms with van der Waals surface area (Å²) in [6, 6.07) is 6.19. The Morgan fingerprint density at radius 3 is 2.59 bits per heavy atom. The molecular formula is C15H15NO. The van der Waals surface area contributed by atoms with Gasteiger partial charge in [-0.1, -0.05) is 6.07 Å². The molecule has 86 valence electrons. The molecule has 5 rings (SSSR count). The van der Waals surface area contributed by atoms with Gasteiger partial charge in [0.1, 0.15) is 0 Å². The molecule has 0 aliphatic heterocycles. The Bertz CT molecular complexity index is 564. The number of fused-ring (bicyclic) bond motifs is 7. The van der Waals surface area contributed by atoms with Crippen molar-refractivity contribution in [3.63, 3.8) is 0 Å². The van der Waals surface area contributed by atoms with Gasteiger partial charge in [0.05, 0.1) is 0 Å². The molecule has 2 nitrogen and oxygen atoms in total. The number of carbonyl (C=O) groups is 1. The summed E-state index contributed by atoms with van der Waals surface area (Å²) in [5.74, 6) is 5.23. The minimum atomic E-state index is -0.284. The van der Waals surface area contributed by atoms with Crippen LogP contribution in [0.1, 0.15) is 46.2 Å². The first-order chi connectivity index (χ1) is 8.27. The highest BCUT2D eigenvalue weighted by Gasteiger charge is 2.73. The van der Waals surface area contributed by atoms with Crippen LogP contribution in [0.25, 0.3) is 0 Å². The van der Waals surface area contributed by atoms with Gasteiger partial charge in [-0.15, -0.1) is 0 Å². The summed E-state index contributed by atoms with van der Waals surface area (Å²) < 4.78 is 0. The number of hydrogen-bond donors (Lipinski definition) is 1. The first kappa shape index (κ1) is 8.73. The zero-order valence-corrected chi connectivity index (χ0v) is 9.60. The second-order valence-corrected chi connectivity index (χ2v) is 6.32. The quantitative estimate of drug-likeness (QED) is 0.782. The lowest BCUT2D eigenvalue weighted by Crippen LogP contribution is -2.27. The molecule has 3 saturated carbocycles. The Hall–Kier alpha value is -1.31. The molecule has 0 unspecified atom stereocenters. The summed E-state index contributed by atoms with van der Waals surface area (Å²) >= 11 is 0. The summed E-state index contributed by atoms with van der Waals surface area (Å²) in [6.45, 7) is 0. The van der Waals surface area contributed by atoms with E-state index in [1.165, 1.54) is 18.4 Å². The molecule has 0 aromatic heterocycles. The molecule has 0 heterocycles. The summed E-state index contributed by atoms with van der Waals surface area (Å²) in [5.41, 5.74) is 9.10. The molecule has 1 amide bonds. The average molecular weight is 225 g/mol. The van der Waals surface area contributed by atoms with Crippen molar-refractivity contribution in [3.05, 3.63) is 34.9 Å². The maximum atomic E-state index is 11.3. The summed E-state index contributed by atoms with van der Waals surface area (Å²) in [6.07, 6.45) is 2.87. The molecule has 3 fully saturated rings. The molecule has 1 aromatic carbocycles. The van der Waals surface area contributed by atoms with E-state index < -0.39 is 0 Å². The fourth-order valence-electron chi connectivity index (χ4n) is 5.31. The van der Waals surface area contributed by atoms with Gasteiger partial charge in [-0.05, 0) is 71.6 Å². The van der Waals surface area contributed by atoms with Crippen molar-refractivity contribution in [1.82, 2.24) is 0 Å². The van der Waals surface area contributed by atoms with Gasteiger partial charge in [0.15, 0.2) is 0 Å². The van der Waals surface area contributed by atoms with Gasteiger partial charge >= 0.3 is 0 Å². The Kier molecular flexibility index (Phi) is 1.25. The third-order valence-corrected chi connectivity index (χ3v) is 5.98. The number of hydrogen-bond acceptors (Lipinski definition) is 1. The number of amides is 1. The minimum Gasteiger partial charge on any atom is -0.366 e. The Morgan fingerprint density at radius 2 is 1.88 bits per heavy atom. The molecular weight excluding hydrogens is 210 g/mol. The highest BCUT2D eigenvalue weighted by Crippen LogP contribution is 2.81. The van der Waals surface area contributed by atoms with Crippen LogP contribution in [-0.2, 0) is 0 Å². The van der Waals surface area contributed by atoms with Gasteiger partial charge in [-0.2, -0.15) is 0 Å². The third kappa shape index (κ3) is 0.791. The van der Waals surface area contributed by atoms with Crippen molar-refractivity contribution in [3.8, 4) is 0 Å². The summed E-state index contributed by atoms with van der Waals surface area (Å²) in [7, 11) is 0. The molecule has 2 heteroatoms. The van der Waals surface area contributed by atoms with Gasteiger partial charge in [0.2, 0.25) is 5.91 Å². The molecule has 17 heavy (non-hydrogen) atoms. The zero-order valence-electron chi connectivity index (χ0n) is 9.60. The van der Waals surface area contributed by atoms with Gasteiger partial charge in [-0.3, -0.25) is 4.79 Å². The van der Waals surface area contributed by atoms with Crippen LogP contribution in [0, 0.1) is 23.7 Å². The van der Waals surface area contributed by atoms with Crippen molar-refractivity contribution in [2.75, 3.05) is 0 Å². The normalized spacial score (nSPS) is 46.8. The predicted octanol–water partition coefficient (Wildman–Crippen LogP) is 2.25. The number of benzene rings is 1. The minimum absolute atomic E-state index is 0.284. The topological polar surface area (TPSA) is 43.1 Å². The molecule has 0 radical (unpaired) electrons. The van der Waals surface area contributed by atoms with Crippen LogP contribution >= 0.6 is 0 Å². The third-order valence-electron chi connectivity index (χ3n) is 5.98. The first-order valence-corrected chi connectivity index (χ1v) is 6.71. The van der Waals surface area contributed by atoms with Crippen molar-refractivity contribution < 1.29 is 4.79 Å². The van der Waals surface area contributed by atoms with E-state index in [1.807, 2.05) is 6.07 Å². The zero-order chi connectivity index (χ0) is 11.3. The lowest BCUT2D eigenvalue weighted by Gasteiger charge is -2.36. The molecule has 2 N–H and O–H groups in total. The van der Waals surface area contributed by atoms with E-state index in [4.69, 9.17) is 5.73 Å². The molecule has 1 aromatic rings. The highest BCUT2D eigenvalue weighted by atomic mass is 16.1. The predicted molar refractivity (Wildman–Crippen MR) is 63.6 cm³/mol. The van der Waals surface area contributed by atoms with Crippen molar-refractivity contribution in [2.45, 2.75) is 24.7 Å². The second-order valence-electron chi connectivity index (χ2n) is 6.32. The molecule has 0 saturated heterocycles. The monoisotopic (exact) mass is 225 g/mol. The fourth-order valence-corrected chi connectivity index (χ4v) is 5.31. The van der Waals surface area contributed by atoms with E-state index >= 15 is 0 Å². The number of nitrogens with two attached hydrogens (primary N) is 1. The van der Waals surface area contributed by atoms with Crippen LogP contribution < -0.4 is 5.73 Å². The second kappa shape index (κ2) is 2.43. The Morgan fingerprint density at radius 1 is 1.06 bits per heavy atom. The van der Waals surface area contributed by atoms with Crippen LogP contribution in [0.5, 0.6) is 0 Å². The van der Waals surface area contributed by atoms with Crippen molar-refractivity contribution >= 4 is 5.91 Å². The van der Waals surface area contributed by atoms with Gasteiger partial charge in [0, 0.05) is 5.56 Å². The van der Waals surface area contributed by atoms with Gasteiger partial charge < -0.3 is 5.73 Å². The maximum absolute atomic E-state index is 11.3. The van der Waals surface area contributed by atoms with E-state index in [-0.39, 0.29) is 5.91 Å². The smallest absolute Gasteiger partial charge is 0.248 e. The molecule has 0 bridgehead atoms. The highest BCUT2D eigenvalue weighted by molar-refractivity contribution is 5.93. The number of primary amides is 1. The van der Waals surface area contributed by atoms with Gasteiger partial charge in [0.25, 0.3) is 0 Å². The molecule has 4 aliphatic rings. The van der Waals surface area contributed by atoms with Crippen LogP contribution in [0.3, 0.4) is 0 Å². The SMILES string of the molecule is NC(=O)c1ccc2c(c1)[C@@H]1[C@@H]3CC[C@@H]3[C@@H]3[C@H]2[C@H]13. The summed E-state index contributed by atoms with van der Waals surface area (Å²) in [5, 5.41) is 0. The van der Waals surface area contributed by atoms with Crippen LogP contribution in [0.15, 0.2) is 18.2 Å². The largest absolute Gasteiger partial charge is 0.366 e. The number of rotatable bonds is 1. The lowest BCUT2D eigenvalue weighted by atomic mass is 9.69. The van der Waals surface area contributed by atoms with Crippen molar-refractivity contribution in [2.24, 2.45) is 29.4 Å². The van der Waals surface area contributed by atoms with E-state index in [0.717, 1.165) is 35.5 Å². The standard InChI is InChI=1S/C15H15NO/c16-15(17)6-1-2-9-10(5-6)11-7-3-4-8(7)12-13(9)14(11)12/h1-2,5,7-8,11-14H,3-4H2,(H2,16,17)/t7-,8+,11+,12-,13+,14-/m1/s1. The average Bonchev–Trinajstić information content (AvgIpc) is 2.81. The Labute approximate surface area is 100 Å². The van der Waals surface area contributed by atoms with Crippen LogP contribution in [0.2, 0.25) is 0 Å². The van der Waals surface area contributed by atoms with E-state index in [1.54, 1.807) is 5.56 Å². The van der Waals surface area contributed by atoms with Gasteiger partial charge in [-0.25, -0.2) is 0 Å². The summed E-state index contributed by atoms with van der Waals surface area (Å²) in [4.78, 5) is 11.3. The first-order valence-electron chi connectivity index (χ1n) is 6.71. The lowest BCUT2D eigenvalue weighted by molar-refractivity contribution is 0.1000. The van der Waals surface area contributed by atoms with E-state index in [2.05, 4.69) is 12.1 Å². The number of carbonyl (C=O) groups excluding carboxylic acids is 1. The van der Waals surface area contributed by atoms with E-state index in [0.29, 0.717) is 5.56 Å². The molecule has 6 atom stereocenters. The van der Waals surface area contributed by atoms with Crippen molar-refractivity contribution in [1.29, 1.82) is 0 Å². The molecule has 4 aliphatic carbocycles. The fraction of sp³-hybridized carbons (Fsp3) is 0.533. The Balaban J connectivity index is 1.69. The van der Waals surface area contributed by atoms with E-state index in [9.17, 15) is 4.79 Å². The van der Waals surface area contributed by atoms with Crippen LogP contribution in [0.4, 0.5) is 0 Å².